The Balaban J connectivity index is 1.46. The van der Waals surface area contributed by atoms with Crippen LogP contribution in [0.5, 0.6) is 5.75 Å². The molecule has 0 amide bonds. The summed E-state index contributed by atoms with van der Waals surface area (Å²) in [5.41, 5.74) is 1.26. The number of nitro benzene ring substituents is 1. The van der Waals surface area contributed by atoms with Crippen LogP contribution >= 0.6 is 0 Å². The van der Waals surface area contributed by atoms with E-state index >= 15 is 0 Å². The molecular weight excluding hydrogens is 304 g/mol. The number of ether oxygens (including phenoxy) is 1. The van der Waals surface area contributed by atoms with E-state index in [1.807, 2.05) is 18.2 Å². The molecule has 2 aromatic carbocycles. The summed E-state index contributed by atoms with van der Waals surface area (Å²) in [5, 5.41) is 14.0. The van der Waals surface area contributed by atoms with Crippen LogP contribution in [0, 0.1) is 10.1 Å². The zero-order valence-electron chi connectivity index (χ0n) is 13.8. The van der Waals surface area contributed by atoms with Gasteiger partial charge in [0.05, 0.1) is 11.5 Å². The molecule has 2 aromatic rings. The molecule has 128 valence electrons. The van der Waals surface area contributed by atoms with Crippen molar-refractivity contribution in [1.29, 1.82) is 0 Å². The minimum atomic E-state index is -0.406. The van der Waals surface area contributed by atoms with Gasteiger partial charge >= 0.3 is 0 Å². The molecule has 0 aliphatic rings. The Labute approximate surface area is 142 Å². The summed E-state index contributed by atoms with van der Waals surface area (Å²) < 4.78 is 5.59. The maximum Gasteiger partial charge on any atom is 0.269 e. The molecule has 0 heterocycles. The van der Waals surface area contributed by atoms with Crippen molar-refractivity contribution in [3.05, 3.63) is 64.7 Å². The van der Waals surface area contributed by atoms with Crippen LogP contribution in [0.1, 0.15) is 32.1 Å². The average molecular weight is 328 g/mol. The molecule has 0 unspecified atom stereocenters. The Morgan fingerprint density at radius 1 is 0.875 bits per heavy atom. The molecule has 1 N–H and O–H groups in total. The molecule has 0 atom stereocenters. The van der Waals surface area contributed by atoms with Gasteiger partial charge in [-0.25, -0.2) is 0 Å². The van der Waals surface area contributed by atoms with Crippen molar-refractivity contribution in [3.63, 3.8) is 0 Å². The SMILES string of the molecule is O=[N+]([O-])c1ccc(OCCCCCCCNc2ccccc2)cc1. The number of para-hydroxylation sites is 1. The highest BCUT2D eigenvalue weighted by atomic mass is 16.6. The van der Waals surface area contributed by atoms with E-state index in [-0.39, 0.29) is 5.69 Å². The zero-order chi connectivity index (χ0) is 17.0. The average Bonchev–Trinajstić information content (AvgIpc) is 2.61. The summed E-state index contributed by atoms with van der Waals surface area (Å²) in [7, 11) is 0. The lowest BCUT2D eigenvalue weighted by atomic mass is 10.1. The number of nitro groups is 1. The van der Waals surface area contributed by atoms with Crippen LogP contribution in [0.3, 0.4) is 0 Å². The molecule has 0 aliphatic heterocycles. The van der Waals surface area contributed by atoms with Crippen molar-refractivity contribution < 1.29 is 9.66 Å². The molecule has 0 aliphatic carbocycles. The third-order valence-electron chi connectivity index (χ3n) is 3.74. The Hall–Kier alpha value is -2.56. The molecule has 2 rings (SSSR count). The quantitative estimate of drug-likeness (QED) is 0.357. The lowest BCUT2D eigenvalue weighted by Crippen LogP contribution is -2.01. The van der Waals surface area contributed by atoms with Gasteiger partial charge in [-0.3, -0.25) is 10.1 Å². The number of non-ortho nitro benzene ring substituents is 1. The molecule has 24 heavy (non-hydrogen) atoms. The Kier molecular flexibility index (Phi) is 7.60. The second-order valence-corrected chi connectivity index (χ2v) is 5.66. The predicted molar refractivity (Wildman–Crippen MR) is 96.6 cm³/mol. The first-order valence-corrected chi connectivity index (χ1v) is 8.42. The third-order valence-corrected chi connectivity index (χ3v) is 3.74. The molecule has 0 radical (unpaired) electrons. The van der Waals surface area contributed by atoms with Gasteiger partial charge in [-0.05, 0) is 37.1 Å². The van der Waals surface area contributed by atoms with Gasteiger partial charge in [-0.2, -0.15) is 0 Å². The summed E-state index contributed by atoms with van der Waals surface area (Å²) in [5.74, 6) is 0.688. The van der Waals surface area contributed by atoms with E-state index in [9.17, 15) is 10.1 Å². The summed E-state index contributed by atoms with van der Waals surface area (Å²) in [4.78, 5) is 10.2. The van der Waals surface area contributed by atoms with E-state index in [2.05, 4.69) is 17.4 Å². The minimum absolute atomic E-state index is 0.0893. The number of benzene rings is 2. The van der Waals surface area contributed by atoms with Gasteiger partial charge in [0.1, 0.15) is 5.75 Å². The van der Waals surface area contributed by atoms with Crippen LogP contribution in [-0.4, -0.2) is 18.1 Å². The summed E-state index contributed by atoms with van der Waals surface area (Å²) in [6.07, 6.45) is 5.71. The molecule has 0 saturated heterocycles. The fourth-order valence-electron chi connectivity index (χ4n) is 2.40. The molecule has 5 heteroatoms. The lowest BCUT2D eigenvalue weighted by Gasteiger charge is -2.07. The van der Waals surface area contributed by atoms with Gasteiger partial charge in [0.15, 0.2) is 0 Å². The van der Waals surface area contributed by atoms with E-state index < -0.39 is 4.92 Å². The number of hydrogen-bond acceptors (Lipinski definition) is 4. The van der Waals surface area contributed by atoms with Crippen LogP contribution in [0.2, 0.25) is 0 Å². The standard InChI is InChI=1S/C19H24N2O3/c22-21(23)18-11-13-19(14-12-18)24-16-8-3-1-2-7-15-20-17-9-5-4-6-10-17/h4-6,9-14,20H,1-3,7-8,15-16H2. The second-order valence-electron chi connectivity index (χ2n) is 5.66. The van der Waals surface area contributed by atoms with Gasteiger partial charge < -0.3 is 10.1 Å². The molecule has 0 bridgehead atoms. The predicted octanol–water partition coefficient (Wildman–Crippen LogP) is 5.04. The minimum Gasteiger partial charge on any atom is -0.494 e. The highest BCUT2D eigenvalue weighted by Gasteiger charge is 2.03. The van der Waals surface area contributed by atoms with Gasteiger partial charge in [0, 0.05) is 24.4 Å². The summed E-state index contributed by atoms with van der Waals surface area (Å²) in [6, 6.07) is 16.5. The van der Waals surface area contributed by atoms with E-state index in [4.69, 9.17) is 4.74 Å². The van der Waals surface area contributed by atoms with Crippen LogP contribution in [-0.2, 0) is 0 Å². The van der Waals surface area contributed by atoms with E-state index in [0.717, 1.165) is 25.8 Å². The van der Waals surface area contributed by atoms with Crippen LogP contribution in [0.15, 0.2) is 54.6 Å². The fraction of sp³-hybridized carbons (Fsp3) is 0.368. The van der Waals surface area contributed by atoms with Crippen LogP contribution in [0.25, 0.3) is 0 Å². The Bertz CT molecular complexity index is 600. The normalized spacial score (nSPS) is 10.3. The largest absolute Gasteiger partial charge is 0.494 e. The highest BCUT2D eigenvalue weighted by Crippen LogP contribution is 2.17. The van der Waals surface area contributed by atoms with Crippen LogP contribution in [0.4, 0.5) is 11.4 Å². The first-order valence-electron chi connectivity index (χ1n) is 8.42. The maximum absolute atomic E-state index is 10.6. The topological polar surface area (TPSA) is 64.4 Å². The van der Waals surface area contributed by atoms with Crippen molar-refractivity contribution in [1.82, 2.24) is 0 Å². The maximum atomic E-state index is 10.6. The number of rotatable bonds is 11. The number of unbranched alkanes of at least 4 members (excludes halogenated alkanes) is 4. The molecule has 0 fully saturated rings. The van der Waals surface area contributed by atoms with E-state index in [1.54, 1.807) is 12.1 Å². The molecule has 0 aromatic heterocycles. The van der Waals surface area contributed by atoms with Crippen LogP contribution < -0.4 is 10.1 Å². The molecule has 0 saturated carbocycles. The summed E-state index contributed by atoms with van der Waals surface area (Å²) >= 11 is 0. The number of nitrogens with one attached hydrogen (secondary N) is 1. The highest BCUT2D eigenvalue weighted by molar-refractivity contribution is 5.42. The monoisotopic (exact) mass is 328 g/mol. The van der Waals surface area contributed by atoms with Gasteiger partial charge in [-0.15, -0.1) is 0 Å². The first kappa shape index (κ1) is 17.8. The number of anilines is 1. The first-order chi connectivity index (χ1) is 11.8. The molecular formula is C19H24N2O3. The third kappa shape index (κ3) is 6.69. The van der Waals surface area contributed by atoms with Crippen molar-refractivity contribution in [2.45, 2.75) is 32.1 Å². The number of nitrogens with zero attached hydrogens (tertiary/aromatic N) is 1. The van der Waals surface area contributed by atoms with Gasteiger partial charge in [-0.1, -0.05) is 37.5 Å². The van der Waals surface area contributed by atoms with E-state index in [1.165, 1.54) is 30.7 Å². The number of hydrogen-bond donors (Lipinski definition) is 1. The van der Waals surface area contributed by atoms with Gasteiger partial charge in [0.25, 0.3) is 5.69 Å². The lowest BCUT2D eigenvalue weighted by molar-refractivity contribution is -0.384. The molecule has 0 spiro atoms. The van der Waals surface area contributed by atoms with Crippen molar-refractivity contribution in [3.8, 4) is 5.75 Å². The Morgan fingerprint density at radius 2 is 1.54 bits per heavy atom. The molecule has 5 nitrogen and oxygen atoms in total. The Morgan fingerprint density at radius 3 is 2.25 bits per heavy atom. The fourth-order valence-corrected chi connectivity index (χ4v) is 2.40. The van der Waals surface area contributed by atoms with E-state index in [0.29, 0.717) is 12.4 Å². The van der Waals surface area contributed by atoms with Crippen molar-refractivity contribution >= 4 is 11.4 Å². The second kappa shape index (κ2) is 10.3. The van der Waals surface area contributed by atoms with Gasteiger partial charge in [0.2, 0.25) is 0 Å². The van der Waals surface area contributed by atoms with Crippen molar-refractivity contribution in [2.24, 2.45) is 0 Å². The smallest absolute Gasteiger partial charge is 0.269 e. The summed E-state index contributed by atoms with van der Waals surface area (Å²) in [6.45, 7) is 1.66. The van der Waals surface area contributed by atoms with Crippen molar-refractivity contribution in [2.75, 3.05) is 18.5 Å². The zero-order valence-corrected chi connectivity index (χ0v) is 13.8.